The highest BCUT2D eigenvalue weighted by Crippen LogP contribution is 2.29. The highest BCUT2D eigenvalue weighted by molar-refractivity contribution is 5.88. The molecule has 0 spiro atoms. The molecule has 5 nitrogen and oxygen atoms in total. The van der Waals surface area contributed by atoms with E-state index in [1.165, 1.54) is 17.7 Å². The van der Waals surface area contributed by atoms with Crippen molar-refractivity contribution in [1.29, 1.82) is 0 Å². The van der Waals surface area contributed by atoms with Crippen LogP contribution in [0, 0.1) is 20.8 Å². The van der Waals surface area contributed by atoms with E-state index in [9.17, 15) is 4.79 Å². The maximum absolute atomic E-state index is 11.1. The lowest BCUT2D eigenvalue weighted by Gasteiger charge is -2.15. The van der Waals surface area contributed by atoms with E-state index in [1.807, 2.05) is 26.8 Å². The Morgan fingerprint density at radius 3 is 2.28 bits per heavy atom. The van der Waals surface area contributed by atoms with Crippen LogP contribution in [0.5, 0.6) is 17.2 Å². The summed E-state index contributed by atoms with van der Waals surface area (Å²) in [5, 5.41) is 9.07. The Bertz CT molecular complexity index is 752. The molecule has 0 fully saturated rings. The van der Waals surface area contributed by atoms with Gasteiger partial charge < -0.3 is 19.3 Å². The predicted octanol–water partition coefficient (Wildman–Crippen LogP) is 4.17. The largest absolute Gasteiger partial charge is 0.490 e. The Morgan fingerprint density at radius 2 is 1.60 bits per heavy atom. The fourth-order valence-corrected chi connectivity index (χ4v) is 2.47. The minimum atomic E-state index is -0.999. The molecule has 0 bridgehead atoms. The van der Waals surface area contributed by atoms with Crippen LogP contribution in [-0.2, 0) is 0 Å². The highest BCUT2D eigenvalue weighted by atomic mass is 16.5. The van der Waals surface area contributed by atoms with Crippen LogP contribution in [0.2, 0.25) is 0 Å². The van der Waals surface area contributed by atoms with Gasteiger partial charge in [-0.3, -0.25) is 0 Å². The van der Waals surface area contributed by atoms with Crippen molar-refractivity contribution >= 4 is 5.97 Å². The number of ether oxygens (including phenoxy) is 3. The van der Waals surface area contributed by atoms with Crippen LogP contribution >= 0.6 is 0 Å². The molecule has 0 saturated carbocycles. The van der Waals surface area contributed by atoms with Crippen LogP contribution in [-0.4, -0.2) is 30.9 Å². The smallest absolute Gasteiger partial charge is 0.335 e. The number of hydrogen-bond acceptors (Lipinski definition) is 4. The SMILES string of the molecule is CCOc1cc(C(=O)O)ccc1OCCOc1c(C)ccc(C)c1C. The van der Waals surface area contributed by atoms with E-state index in [2.05, 4.69) is 13.0 Å². The molecule has 1 N–H and O–H groups in total. The summed E-state index contributed by atoms with van der Waals surface area (Å²) in [6, 6.07) is 8.69. The van der Waals surface area contributed by atoms with Crippen molar-refractivity contribution in [1.82, 2.24) is 0 Å². The van der Waals surface area contributed by atoms with Gasteiger partial charge >= 0.3 is 5.97 Å². The molecular formula is C20H24O5. The first-order valence-corrected chi connectivity index (χ1v) is 8.26. The number of benzene rings is 2. The molecule has 0 unspecified atom stereocenters. The molecular weight excluding hydrogens is 320 g/mol. The first-order valence-electron chi connectivity index (χ1n) is 8.26. The molecule has 2 aromatic rings. The first-order chi connectivity index (χ1) is 11.9. The average molecular weight is 344 g/mol. The van der Waals surface area contributed by atoms with Crippen molar-refractivity contribution in [3.63, 3.8) is 0 Å². The van der Waals surface area contributed by atoms with Gasteiger partial charge in [-0.25, -0.2) is 4.79 Å². The lowest BCUT2D eigenvalue weighted by atomic mass is 10.1. The van der Waals surface area contributed by atoms with Gasteiger partial charge in [0.2, 0.25) is 0 Å². The molecule has 25 heavy (non-hydrogen) atoms. The van der Waals surface area contributed by atoms with E-state index >= 15 is 0 Å². The average Bonchev–Trinajstić information content (AvgIpc) is 2.58. The van der Waals surface area contributed by atoms with Crippen LogP contribution in [0.15, 0.2) is 30.3 Å². The van der Waals surface area contributed by atoms with Gasteiger partial charge in [0.15, 0.2) is 11.5 Å². The zero-order valence-electron chi connectivity index (χ0n) is 15.1. The summed E-state index contributed by atoms with van der Waals surface area (Å²) in [7, 11) is 0. The second-order valence-electron chi connectivity index (χ2n) is 5.75. The minimum Gasteiger partial charge on any atom is -0.490 e. The van der Waals surface area contributed by atoms with E-state index in [0.29, 0.717) is 31.3 Å². The molecule has 0 aliphatic rings. The maximum Gasteiger partial charge on any atom is 0.335 e. The third-order valence-electron chi connectivity index (χ3n) is 3.95. The lowest BCUT2D eigenvalue weighted by Crippen LogP contribution is -2.11. The Hall–Kier alpha value is -2.69. The number of aryl methyl sites for hydroxylation is 2. The third-order valence-corrected chi connectivity index (χ3v) is 3.95. The Morgan fingerprint density at radius 1 is 0.920 bits per heavy atom. The molecule has 0 amide bonds. The standard InChI is InChI=1S/C20H24O5/c1-5-23-18-12-16(20(21)22)8-9-17(18)24-10-11-25-19-14(3)7-6-13(2)15(19)4/h6-9,12H,5,10-11H2,1-4H3,(H,21,22). The van der Waals surface area contributed by atoms with Gasteiger partial charge in [-0.15, -0.1) is 0 Å². The molecule has 2 aromatic carbocycles. The van der Waals surface area contributed by atoms with Gasteiger partial charge in [0.25, 0.3) is 0 Å². The predicted molar refractivity (Wildman–Crippen MR) is 96.2 cm³/mol. The van der Waals surface area contributed by atoms with Gasteiger partial charge in [0.05, 0.1) is 12.2 Å². The Balaban J connectivity index is 2.00. The minimum absolute atomic E-state index is 0.165. The van der Waals surface area contributed by atoms with Gasteiger partial charge in [-0.1, -0.05) is 12.1 Å². The van der Waals surface area contributed by atoms with Gasteiger partial charge in [0.1, 0.15) is 19.0 Å². The summed E-state index contributed by atoms with van der Waals surface area (Å²) in [5.74, 6) is 0.814. The van der Waals surface area contributed by atoms with E-state index in [1.54, 1.807) is 6.07 Å². The van der Waals surface area contributed by atoms with Crippen molar-refractivity contribution in [3.8, 4) is 17.2 Å². The van der Waals surface area contributed by atoms with Crippen LogP contribution in [0.25, 0.3) is 0 Å². The molecule has 0 atom stereocenters. The van der Waals surface area contributed by atoms with Crippen molar-refractivity contribution in [2.75, 3.05) is 19.8 Å². The summed E-state index contributed by atoms with van der Waals surface area (Å²) < 4.78 is 17.1. The molecule has 0 radical (unpaired) electrons. The number of hydrogen-bond donors (Lipinski definition) is 1. The zero-order valence-corrected chi connectivity index (χ0v) is 15.1. The monoisotopic (exact) mass is 344 g/mol. The summed E-state index contributed by atoms with van der Waals surface area (Å²) in [6.45, 7) is 9.09. The van der Waals surface area contributed by atoms with Crippen LogP contribution in [0.3, 0.4) is 0 Å². The summed E-state index contributed by atoms with van der Waals surface area (Å²) in [6.07, 6.45) is 0. The molecule has 0 aromatic heterocycles. The summed E-state index contributed by atoms with van der Waals surface area (Å²) in [4.78, 5) is 11.1. The van der Waals surface area contributed by atoms with Crippen molar-refractivity contribution in [3.05, 3.63) is 52.6 Å². The second kappa shape index (κ2) is 8.42. The number of carboxylic acid groups (broad SMARTS) is 1. The Kier molecular flexibility index (Phi) is 6.28. The summed E-state index contributed by atoms with van der Waals surface area (Å²) >= 11 is 0. The van der Waals surface area contributed by atoms with E-state index in [0.717, 1.165) is 16.9 Å². The zero-order chi connectivity index (χ0) is 18.4. The quantitative estimate of drug-likeness (QED) is 0.728. The fraction of sp³-hybridized carbons (Fsp3) is 0.350. The normalized spacial score (nSPS) is 10.4. The molecule has 0 aliphatic heterocycles. The van der Waals surface area contributed by atoms with Crippen LogP contribution < -0.4 is 14.2 Å². The number of rotatable bonds is 8. The number of carbonyl (C=O) groups is 1. The van der Waals surface area contributed by atoms with Gasteiger partial charge in [-0.05, 0) is 62.6 Å². The van der Waals surface area contributed by atoms with Crippen LogP contribution in [0.1, 0.15) is 34.0 Å². The molecule has 134 valence electrons. The lowest BCUT2D eigenvalue weighted by molar-refractivity contribution is 0.0696. The van der Waals surface area contributed by atoms with Gasteiger partial charge in [0, 0.05) is 0 Å². The van der Waals surface area contributed by atoms with E-state index in [-0.39, 0.29) is 5.56 Å². The topological polar surface area (TPSA) is 65.0 Å². The molecule has 0 saturated heterocycles. The van der Waals surface area contributed by atoms with E-state index < -0.39 is 5.97 Å². The highest BCUT2D eigenvalue weighted by Gasteiger charge is 2.11. The molecule has 5 heteroatoms. The maximum atomic E-state index is 11.1. The number of carboxylic acids is 1. The Labute approximate surface area is 148 Å². The molecule has 0 aliphatic carbocycles. The van der Waals surface area contributed by atoms with Gasteiger partial charge in [-0.2, -0.15) is 0 Å². The first kappa shape index (κ1) is 18.6. The van der Waals surface area contributed by atoms with Crippen LogP contribution in [0.4, 0.5) is 0 Å². The summed E-state index contributed by atoms with van der Waals surface area (Å²) in [5.41, 5.74) is 3.56. The van der Waals surface area contributed by atoms with Crippen molar-refractivity contribution < 1.29 is 24.1 Å². The van der Waals surface area contributed by atoms with E-state index in [4.69, 9.17) is 19.3 Å². The second-order valence-corrected chi connectivity index (χ2v) is 5.75. The fourth-order valence-electron chi connectivity index (χ4n) is 2.47. The molecule has 2 rings (SSSR count). The third kappa shape index (κ3) is 4.66. The number of aromatic carboxylic acids is 1. The van der Waals surface area contributed by atoms with Crippen molar-refractivity contribution in [2.45, 2.75) is 27.7 Å². The molecule has 0 heterocycles. The van der Waals surface area contributed by atoms with Crippen molar-refractivity contribution in [2.24, 2.45) is 0 Å².